The van der Waals surface area contributed by atoms with Crippen molar-refractivity contribution in [1.29, 1.82) is 0 Å². The van der Waals surface area contributed by atoms with Gasteiger partial charge in [-0.05, 0) is 67.4 Å². The summed E-state index contributed by atoms with van der Waals surface area (Å²) in [5.74, 6) is 6.10. The fourth-order valence-corrected chi connectivity index (χ4v) is 5.21. The van der Waals surface area contributed by atoms with E-state index in [1.165, 1.54) is 0 Å². The Hall–Kier alpha value is -4.51. The molecule has 4 heterocycles. The van der Waals surface area contributed by atoms with Gasteiger partial charge in [0.1, 0.15) is 28.5 Å². The maximum atomic E-state index is 13.4. The van der Waals surface area contributed by atoms with Gasteiger partial charge in [-0.2, -0.15) is 0 Å². The van der Waals surface area contributed by atoms with Crippen LogP contribution >= 0.6 is 0 Å². The predicted octanol–water partition coefficient (Wildman–Crippen LogP) is 4.90. The molecule has 1 atom stereocenters. The zero-order valence-electron chi connectivity index (χ0n) is 22.9. The summed E-state index contributed by atoms with van der Waals surface area (Å²) in [5.41, 5.74) is 11.3. The number of carbonyl (C=O) groups is 2. The van der Waals surface area contributed by atoms with E-state index in [1.54, 1.807) is 24.2 Å². The number of aromatic nitrogens is 4. The number of ketones is 1. The van der Waals surface area contributed by atoms with Crippen LogP contribution in [0.4, 0.5) is 5.82 Å². The van der Waals surface area contributed by atoms with Gasteiger partial charge < -0.3 is 10.6 Å². The SMILES string of the molecule is CC#CC(=O)N1CCC[C@H]1c1nc(-c2ccc(C(=O)c3cc(C(C)(C)C)ccn3)c(C)c2)c2c(N)nccn12. The summed E-state index contributed by atoms with van der Waals surface area (Å²) in [6.45, 7) is 10.5. The van der Waals surface area contributed by atoms with Crippen LogP contribution < -0.4 is 5.73 Å². The lowest BCUT2D eigenvalue weighted by molar-refractivity contribution is -0.126. The molecule has 5 rings (SSSR count). The lowest BCUT2D eigenvalue weighted by Gasteiger charge is -2.21. The average Bonchev–Trinajstić information content (AvgIpc) is 3.54. The van der Waals surface area contributed by atoms with Crippen molar-refractivity contribution in [3.8, 4) is 23.1 Å². The monoisotopic (exact) mass is 520 g/mol. The molecule has 1 fully saturated rings. The predicted molar refractivity (Wildman–Crippen MR) is 151 cm³/mol. The third kappa shape index (κ3) is 4.76. The molecule has 1 aliphatic rings. The Balaban J connectivity index is 1.56. The highest BCUT2D eigenvalue weighted by Gasteiger charge is 2.33. The standard InChI is InChI=1S/C31H32N6O2/c1-6-8-25(38)36-15-7-9-24(36)30-35-26(27-29(32)34-14-16-37(27)30)20-10-11-22(19(2)17-20)28(39)23-18-21(12-13-33-23)31(3,4)5/h10-14,16-18,24H,7,9,15H2,1-5H3,(H2,32,34)/t24-/m0/s1. The smallest absolute Gasteiger partial charge is 0.299 e. The first-order chi connectivity index (χ1) is 18.6. The number of benzene rings is 1. The molecule has 0 saturated carbocycles. The van der Waals surface area contributed by atoms with Crippen molar-refractivity contribution in [2.75, 3.05) is 12.3 Å². The van der Waals surface area contributed by atoms with Gasteiger partial charge in [-0.1, -0.05) is 38.8 Å². The second-order valence-electron chi connectivity index (χ2n) is 10.9. The maximum Gasteiger partial charge on any atom is 0.299 e. The minimum Gasteiger partial charge on any atom is -0.382 e. The van der Waals surface area contributed by atoms with Crippen molar-refractivity contribution in [2.45, 2.75) is 58.9 Å². The Labute approximate surface area is 228 Å². The highest BCUT2D eigenvalue weighted by atomic mass is 16.2. The summed E-state index contributed by atoms with van der Waals surface area (Å²) in [6, 6.07) is 9.24. The number of anilines is 1. The molecule has 0 radical (unpaired) electrons. The van der Waals surface area contributed by atoms with E-state index in [-0.39, 0.29) is 23.1 Å². The van der Waals surface area contributed by atoms with Crippen LogP contribution in [0.2, 0.25) is 0 Å². The summed E-state index contributed by atoms with van der Waals surface area (Å²) in [7, 11) is 0. The van der Waals surface area contributed by atoms with Crippen molar-refractivity contribution in [3.05, 3.63) is 77.1 Å². The van der Waals surface area contributed by atoms with Crippen molar-refractivity contribution >= 4 is 23.0 Å². The van der Waals surface area contributed by atoms with E-state index in [4.69, 9.17) is 10.7 Å². The molecule has 8 nitrogen and oxygen atoms in total. The number of pyridine rings is 1. The number of carbonyl (C=O) groups excluding carboxylic acids is 2. The summed E-state index contributed by atoms with van der Waals surface area (Å²) < 4.78 is 1.92. The Morgan fingerprint density at radius 1 is 1.10 bits per heavy atom. The summed E-state index contributed by atoms with van der Waals surface area (Å²) in [5, 5.41) is 0. The van der Waals surface area contributed by atoms with Gasteiger partial charge in [0.15, 0.2) is 0 Å². The number of imidazole rings is 1. The largest absolute Gasteiger partial charge is 0.382 e. The van der Waals surface area contributed by atoms with Gasteiger partial charge in [0.05, 0.1) is 6.04 Å². The molecule has 2 N–H and O–H groups in total. The lowest BCUT2D eigenvalue weighted by Crippen LogP contribution is -2.30. The molecule has 0 aliphatic carbocycles. The van der Waals surface area contributed by atoms with Gasteiger partial charge in [-0.3, -0.25) is 19.0 Å². The number of rotatable bonds is 4. The van der Waals surface area contributed by atoms with Gasteiger partial charge in [-0.25, -0.2) is 9.97 Å². The molecule has 39 heavy (non-hydrogen) atoms. The Morgan fingerprint density at radius 3 is 2.62 bits per heavy atom. The third-order valence-electron chi connectivity index (χ3n) is 7.26. The Kier molecular flexibility index (Phi) is 6.69. The van der Waals surface area contributed by atoms with E-state index in [0.717, 1.165) is 35.4 Å². The summed E-state index contributed by atoms with van der Waals surface area (Å²) in [6.07, 6.45) is 6.80. The molecule has 1 aliphatic heterocycles. The van der Waals surface area contributed by atoms with Crippen LogP contribution in [-0.4, -0.2) is 42.5 Å². The average molecular weight is 521 g/mol. The molecule has 0 spiro atoms. The van der Waals surface area contributed by atoms with Gasteiger partial charge in [0.2, 0.25) is 5.78 Å². The van der Waals surface area contributed by atoms with E-state index in [0.29, 0.717) is 34.8 Å². The Bertz CT molecular complexity index is 1670. The highest BCUT2D eigenvalue weighted by Crippen LogP contribution is 2.37. The number of likely N-dealkylation sites (tertiary alicyclic amines) is 1. The molecule has 3 aromatic heterocycles. The minimum atomic E-state index is -0.218. The zero-order valence-corrected chi connectivity index (χ0v) is 22.9. The second-order valence-corrected chi connectivity index (χ2v) is 10.9. The normalized spacial score (nSPS) is 15.3. The molecule has 1 aromatic carbocycles. The van der Waals surface area contributed by atoms with Crippen molar-refractivity contribution < 1.29 is 9.59 Å². The summed E-state index contributed by atoms with van der Waals surface area (Å²) in [4.78, 5) is 41.6. The molecular weight excluding hydrogens is 488 g/mol. The Morgan fingerprint density at radius 2 is 1.90 bits per heavy atom. The number of hydrogen-bond acceptors (Lipinski definition) is 6. The number of aryl methyl sites for hydroxylation is 1. The lowest BCUT2D eigenvalue weighted by atomic mass is 9.86. The third-order valence-corrected chi connectivity index (χ3v) is 7.26. The van der Waals surface area contributed by atoms with Crippen LogP contribution in [-0.2, 0) is 10.2 Å². The highest BCUT2D eigenvalue weighted by molar-refractivity contribution is 6.09. The first-order valence-electron chi connectivity index (χ1n) is 13.1. The van der Waals surface area contributed by atoms with E-state index >= 15 is 0 Å². The second kappa shape index (κ2) is 9.99. The number of amides is 1. The van der Waals surface area contributed by atoms with Crippen LogP contribution in [0.25, 0.3) is 16.8 Å². The van der Waals surface area contributed by atoms with Crippen LogP contribution in [0.5, 0.6) is 0 Å². The quantitative estimate of drug-likeness (QED) is 0.303. The first-order valence-corrected chi connectivity index (χ1v) is 13.1. The number of nitrogen functional groups attached to an aromatic ring is 1. The van der Waals surface area contributed by atoms with Gasteiger partial charge >= 0.3 is 0 Å². The van der Waals surface area contributed by atoms with Crippen molar-refractivity contribution in [3.63, 3.8) is 0 Å². The number of nitrogens with two attached hydrogens (primary N) is 1. The molecule has 0 bridgehead atoms. The number of nitrogens with zero attached hydrogens (tertiary/aromatic N) is 5. The van der Waals surface area contributed by atoms with Gasteiger partial charge in [0.25, 0.3) is 5.91 Å². The molecule has 198 valence electrons. The topological polar surface area (TPSA) is 106 Å². The van der Waals surface area contributed by atoms with Crippen LogP contribution in [0, 0.1) is 18.8 Å². The fraction of sp³-hybridized carbons (Fsp3) is 0.323. The van der Waals surface area contributed by atoms with Crippen molar-refractivity contribution in [1.82, 2.24) is 24.3 Å². The van der Waals surface area contributed by atoms with Crippen molar-refractivity contribution in [2.24, 2.45) is 0 Å². The maximum absolute atomic E-state index is 13.4. The van der Waals surface area contributed by atoms with Crippen LogP contribution in [0.3, 0.4) is 0 Å². The molecule has 1 amide bonds. The fourth-order valence-electron chi connectivity index (χ4n) is 5.21. The molecular formula is C31H32N6O2. The molecule has 8 heteroatoms. The van der Waals surface area contributed by atoms with E-state index < -0.39 is 0 Å². The number of hydrogen-bond donors (Lipinski definition) is 1. The number of fused-ring (bicyclic) bond motifs is 1. The molecule has 1 saturated heterocycles. The minimum absolute atomic E-state index is 0.0899. The van der Waals surface area contributed by atoms with E-state index in [2.05, 4.69) is 42.6 Å². The van der Waals surface area contributed by atoms with Gasteiger partial charge in [-0.15, -0.1) is 0 Å². The van der Waals surface area contributed by atoms with Crippen LogP contribution in [0.1, 0.15) is 79.6 Å². The molecule has 4 aromatic rings. The van der Waals surface area contributed by atoms with Crippen LogP contribution in [0.15, 0.2) is 48.9 Å². The van der Waals surface area contributed by atoms with E-state index in [9.17, 15) is 9.59 Å². The van der Waals surface area contributed by atoms with Gasteiger partial charge in [0, 0.05) is 36.3 Å². The summed E-state index contributed by atoms with van der Waals surface area (Å²) >= 11 is 0. The zero-order chi connectivity index (χ0) is 27.9. The first kappa shape index (κ1) is 26.1. The molecule has 0 unspecified atom stereocenters. The van der Waals surface area contributed by atoms with E-state index in [1.807, 2.05) is 47.9 Å².